The van der Waals surface area contributed by atoms with Crippen LogP contribution in [0, 0.1) is 5.82 Å². The van der Waals surface area contributed by atoms with E-state index in [1.165, 1.54) is 50.8 Å². The Morgan fingerprint density at radius 2 is 1.24 bits per heavy atom. The third-order valence-corrected chi connectivity index (χ3v) is 10.6. The molecule has 6 aromatic carbocycles. The van der Waals surface area contributed by atoms with Gasteiger partial charge in [-0.25, -0.2) is 14.4 Å². The van der Waals surface area contributed by atoms with Crippen molar-refractivity contribution in [2.24, 2.45) is 0 Å². The molecule has 0 spiro atoms. The molecule has 54 heavy (non-hydrogen) atoms. The number of hydrogen-bond donors (Lipinski definition) is 0. The van der Waals surface area contributed by atoms with Crippen molar-refractivity contribution in [1.82, 2.24) is 19.1 Å². The summed E-state index contributed by atoms with van der Waals surface area (Å²) < 4.78 is 18.5. The minimum atomic E-state index is -0.242. The monoisotopic (exact) mass is 704 g/mol. The van der Waals surface area contributed by atoms with Crippen LogP contribution in [-0.4, -0.2) is 19.1 Å². The second-order valence-corrected chi connectivity index (χ2v) is 14.8. The van der Waals surface area contributed by atoms with Crippen molar-refractivity contribution < 1.29 is 4.39 Å². The number of pyridine rings is 1. The fourth-order valence-electron chi connectivity index (χ4n) is 8.01. The van der Waals surface area contributed by atoms with E-state index in [-0.39, 0.29) is 5.82 Å². The molecule has 0 radical (unpaired) electrons. The molecule has 3 heterocycles. The first kappa shape index (κ1) is 33.5. The number of para-hydroxylation sites is 2. The van der Waals surface area contributed by atoms with Crippen LogP contribution in [0.1, 0.15) is 61.8 Å². The van der Waals surface area contributed by atoms with Crippen molar-refractivity contribution in [3.8, 4) is 34.0 Å². The topological polar surface area (TPSA) is 35.6 Å². The normalized spacial score (nSPS) is 11.8. The van der Waals surface area contributed by atoms with Gasteiger partial charge in [-0.15, -0.1) is 0 Å². The maximum Gasteiger partial charge on any atom is 0.145 e. The Morgan fingerprint density at radius 1 is 0.537 bits per heavy atom. The van der Waals surface area contributed by atoms with E-state index < -0.39 is 0 Å². The lowest BCUT2D eigenvalue weighted by atomic mass is 9.92. The first-order valence-electron chi connectivity index (χ1n) is 18.8. The summed E-state index contributed by atoms with van der Waals surface area (Å²) in [7, 11) is 0. The van der Waals surface area contributed by atoms with E-state index in [1.54, 1.807) is 0 Å². The van der Waals surface area contributed by atoms with Crippen LogP contribution in [0.5, 0.6) is 0 Å². The molecule has 9 rings (SSSR count). The molecule has 0 bridgehead atoms. The van der Waals surface area contributed by atoms with Crippen molar-refractivity contribution in [3.05, 3.63) is 180 Å². The number of hydrogen-bond acceptors (Lipinski definition) is 2. The molecular weight excluding hydrogens is 664 g/mol. The molecule has 0 saturated heterocycles. The van der Waals surface area contributed by atoms with Gasteiger partial charge in [-0.2, -0.15) is 0 Å². The predicted octanol–water partition coefficient (Wildman–Crippen LogP) is 12.8. The van der Waals surface area contributed by atoms with Crippen LogP contribution in [0.4, 0.5) is 4.39 Å². The summed E-state index contributed by atoms with van der Waals surface area (Å²) in [6.45, 7) is 9.05. The number of aromatic nitrogens is 4. The highest BCUT2D eigenvalue weighted by Gasteiger charge is 2.23. The van der Waals surface area contributed by atoms with Crippen molar-refractivity contribution in [2.75, 3.05) is 0 Å². The summed E-state index contributed by atoms with van der Waals surface area (Å²) in [5.74, 6) is 2.19. The maximum absolute atomic E-state index is 13.8. The summed E-state index contributed by atoms with van der Waals surface area (Å²) in [6.07, 6.45) is 2.62. The first-order valence-corrected chi connectivity index (χ1v) is 18.8. The third-order valence-electron chi connectivity index (χ3n) is 10.6. The lowest BCUT2D eigenvalue weighted by Gasteiger charge is -2.22. The molecule has 9 aromatic rings. The van der Waals surface area contributed by atoms with E-state index in [4.69, 9.17) is 9.97 Å². The SMILES string of the molecule is CC(C)c1cccc(C(C)C)c1-n1c(-c2cccc(Cc3ccc4c5ccccc5n(-c5ccccn5)c4c3)c2)nc2cc(-c3ccc(F)cc3)ccc21. The summed E-state index contributed by atoms with van der Waals surface area (Å²) >= 11 is 0. The Bertz CT molecular complexity index is 2780. The van der Waals surface area contributed by atoms with Gasteiger partial charge in [0.1, 0.15) is 17.5 Å². The van der Waals surface area contributed by atoms with Crippen molar-refractivity contribution in [1.29, 1.82) is 0 Å². The number of fused-ring (bicyclic) bond motifs is 4. The van der Waals surface area contributed by atoms with E-state index in [1.807, 2.05) is 30.5 Å². The lowest BCUT2D eigenvalue weighted by Crippen LogP contribution is -2.08. The zero-order valence-electron chi connectivity index (χ0n) is 31.0. The highest BCUT2D eigenvalue weighted by atomic mass is 19.1. The van der Waals surface area contributed by atoms with Crippen LogP contribution in [0.25, 0.3) is 66.9 Å². The smallest absolute Gasteiger partial charge is 0.145 e. The van der Waals surface area contributed by atoms with Gasteiger partial charge < -0.3 is 0 Å². The molecule has 0 amide bonds. The minimum Gasteiger partial charge on any atom is -0.294 e. The van der Waals surface area contributed by atoms with Gasteiger partial charge in [0.15, 0.2) is 0 Å². The molecule has 0 fully saturated rings. The first-order chi connectivity index (χ1) is 26.3. The van der Waals surface area contributed by atoms with Gasteiger partial charge in [-0.1, -0.05) is 119 Å². The second kappa shape index (κ2) is 13.6. The second-order valence-electron chi connectivity index (χ2n) is 14.8. The Labute approximate surface area is 315 Å². The summed E-state index contributed by atoms with van der Waals surface area (Å²) in [6, 6.07) is 50.1. The highest BCUT2D eigenvalue weighted by molar-refractivity contribution is 6.09. The maximum atomic E-state index is 13.8. The summed E-state index contributed by atoms with van der Waals surface area (Å²) in [4.78, 5) is 10.1. The van der Waals surface area contributed by atoms with E-state index in [9.17, 15) is 4.39 Å². The fourth-order valence-corrected chi connectivity index (χ4v) is 8.01. The number of benzene rings is 6. The summed E-state index contributed by atoms with van der Waals surface area (Å²) in [5, 5.41) is 2.43. The minimum absolute atomic E-state index is 0.242. The van der Waals surface area contributed by atoms with Crippen LogP contribution in [0.2, 0.25) is 0 Å². The van der Waals surface area contributed by atoms with Crippen molar-refractivity contribution in [2.45, 2.75) is 46.0 Å². The van der Waals surface area contributed by atoms with Gasteiger partial charge in [0.25, 0.3) is 0 Å². The van der Waals surface area contributed by atoms with Crippen LogP contribution in [0.3, 0.4) is 0 Å². The van der Waals surface area contributed by atoms with Gasteiger partial charge in [-0.3, -0.25) is 9.13 Å². The molecule has 3 aromatic heterocycles. The molecule has 0 N–H and O–H groups in total. The zero-order chi connectivity index (χ0) is 36.9. The Kier molecular flexibility index (Phi) is 8.42. The van der Waals surface area contributed by atoms with E-state index in [0.29, 0.717) is 11.8 Å². The lowest BCUT2D eigenvalue weighted by molar-refractivity contribution is 0.628. The number of rotatable bonds is 8. The Balaban J connectivity index is 1.19. The Morgan fingerprint density at radius 3 is 2.00 bits per heavy atom. The van der Waals surface area contributed by atoms with Crippen LogP contribution in [0.15, 0.2) is 152 Å². The molecule has 0 atom stereocenters. The van der Waals surface area contributed by atoms with E-state index in [0.717, 1.165) is 56.8 Å². The predicted molar refractivity (Wildman–Crippen MR) is 221 cm³/mol. The Hall–Kier alpha value is -6.33. The number of halogens is 1. The van der Waals surface area contributed by atoms with E-state index >= 15 is 0 Å². The highest BCUT2D eigenvalue weighted by Crippen LogP contribution is 2.39. The van der Waals surface area contributed by atoms with Crippen LogP contribution < -0.4 is 0 Å². The molecule has 0 aliphatic heterocycles. The molecular formula is C49H41FN4. The van der Waals surface area contributed by atoms with Gasteiger partial charge in [0, 0.05) is 22.5 Å². The molecule has 0 saturated carbocycles. The van der Waals surface area contributed by atoms with Crippen molar-refractivity contribution >= 4 is 32.8 Å². The molecule has 5 heteroatoms. The van der Waals surface area contributed by atoms with Crippen molar-refractivity contribution in [3.63, 3.8) is 0 Å². The van der Waals surface area contributed by atoms with Crippen LogP contribution in [-0.2, 0) is 6.42 Å². The van der Waals surface area contributed by atoms with Gasteiger partial charge in [0.05, 0.1) is 27.8 Å². The van der Waals surface area contributed by atoms with Crippen LogP contribution >= 0.6 is 0 Å². The molecule has 0 unspecified atom stereocenters. The fraction of sp³-hybridized carbons (Fsp3) is 0.143. The average Bonchev–Trinajstić information content (AvgIpc) is 3.73. The molecule has 264 valence electrons. The van der Waals surface area contributed by atoms with Gasteiger partial charge >= 0.3 is 0 Å². The standard InChI is InChI=1S/C49H41FN4/c1-31(2)39-14-10-15-40(32(3)4)48(39)54-45-25-21-36(35-19-22-38(50)23-20-35)30-43(45)52-49(54)37-12-9-11-33(28-37)27-34-18-24-42-41-13-5-6-16-44(41)53(46(42)29-34)47-17-7-8-26-51-47/h5-26,28-32H,27H2,1-4H3. The average molecular weight is 705 g/mol. The molecule has 0 aliphatic rings. The van der Waals surface area contributed by atoms with Gasteiger partial charge in [-0.05, 0) is 106 Å². The molecule has 0 aliphatic carbocycles. The zero-order valence-corrected chi connectivity index (χ0v) is 31.0. The summed E-state index contributed by atoms with van der Waals surface area (Å²) in [5.41, 5.74) is 13.5. The van der Waals surface area contributed by atoms with Gasteiger partial charge in [0.2, 0.25) is 0 Å². The molecule has 4 nitrogen and oxygen atoms in total. The third kappa shape index (κ3) is 5.86. The van der Waals surface area contributed by atoms with E-state index in [2.05, 4.69) is 146 Å². The number of imidazole rings is 1. The number of nitrogens with zero attached hydrogens (tertiary/aromatic N) is 4. The quantitative estimate of drug-likeness (QED) is 0.158. The largest absolute Gasteiger partial charge is 0.294 e.